The van der Waals surface area contributed by atoms with Gasteiger partial charge in [-0.25, -0.2) is 18.6 Å². The van der Waals surface area contributed by atoms with Crippen LogP contribution in [0.1, 0.15) is 12.0 Å². The highest BCUT2D eigenvalue weighted by Gasteiger charge is 2.28. The Labute approximate surface area is 141 Å². The van der Waals surface area contributed by atoms with Crippen LogP contribution in [0.25, 0.3) is 0 Å². The molecule has 0 spiro atoms. The van der Waals surface area contributed by atoms with Gasteiger partial charge in [-0.05, 0) is 24.1 Å². The van der Waals surface area contributed by atoms with E-state index in [4.69, 9.17) is 4.74 Å². The Hall–Kier alpha value is -1.84. The van der Waals surface area contributed by atoms with Gasteiger partial charge in [-0.1, -0.05) is 12.1 Å². The summed E-state index contributed by atoms with van der Waals surface area (Å²) >= 11 is 0. The number of sulfonamides is 1. The van der Waals surface area contributed by atoms with Gasteiger partial charge in [0.1, 0.15) is 0 Å². The first-order valence-corrected chi connectivity index (χ1v) is 9.63. The number of hydrazine groups is 1. The third kappa shape index (κ3) is 3.97. The number of nitrogens with one attached hydrogen (secondary N) is 2. The second kappa shape index (κ2) is 7.37. The molecule has 2 aliphatic rings. The van der Waals surface area contributed by atoms with E-state index in [0.29, 0.717) is 51.5 Å². The number of benzene rings is 1. The number of rotatable bonds is 3. The number of anilines is 1. The van der Waals surface area contributed by atoms with Crippen molar-refractivity contribution in [3.05, 3.63) is 29.8 Å². The zero-order chi connectivity index (χ0) is 17.0. The van der Waals surface area contributed by atoms with Crippen molar-refractivity contribution >= 4 is 21.7 Å². The highest BCUT2D eigenvalue weighted by molar-refractivity contribution is 7.93. The standard InChI is InChI=1S/C15H22N4O4S/c20-15(18-8-10-23-9-6-17-18)16-12-13-2-4-14(5-3-13)19-7-1-11-24(19,21)22/h2-5,17H,1,6-12H2,(H,16,20). The summed E-state index contributed by atoms with van der Waals surface area (Å²) < 4.78 is 30.5. The molecule has 0 aliphatic carbocycles. The van der Waals surface area contributed by atoms with Crippen LogP contribution in [-0.2, 0) is 21.3 Å². The van der Waals surface area contributed by atoms with Gasteiger partial charge in [-0.15, -0.1) is 0 Å². The Kier molecular flexibility index (Phi) is 5.22. The molecule has 2 saturated heterocycles. The molecule has 0 bridgehead atoms. The average molecular weight is 354 g/mol. The fourth-order valence-corrected chi connectivity index (χ4v) is 4.31. The molecule has 2 amide bonds. The molecular formula is C15H22N4O4S. The van der Waals surface area contributed by atoms with Crippen LogP contribution in [0.4, 0.5) is 10.5 Å². The fraction of sp³-hybridized carbons (Fsp3) is 0.533. The summed E-state index contributed by atoms with van der Waals surface area (Å²) in [6.45, 7) is 3.11. The number of hydrogen-bond donors (Lipinski definition) is 2. The van der Waals surface area contributed by atoms with E-state index in [0.717, 1.165) is 5.56 Å². The van der Waals surface area contributed by atoms with Gasteiger partial charge in [0.25, 0.3) is 0 Å². The summed E-state index contributed by atoms with van der Waals surface area (Å²) in [7, 11) is -3.16. The Morgan fingerprint density at radius 2 is 2.00 bits per heavy atom. The largest absolute Gasteiger partial charge is 0.378 e. The van der Waals surface area contributed by atoms with Gasteiger partial charge >= 0.3 is 6.03 Å². The predicted octanol–water partition coefficient (Wildman–Crippen LogP) is 0.273. The maximum Gasteiger partial charge on any atom is 0.332 e. The average Bonchev–Trinajstić information content (AvgIpc) is 2.79. The minimum absolute atomic E-state index is 0.202. The van der Waals surface area contributed by atoms with E-state index in [1.165, 1.54) is 9.31 Å². The van der Waals surface area contributed by atoms with Crippen molar-refractivity contribution in [2.24, 2.45) is 0 Å². The third-order valence-electron chi connectivity index (χ3n) is 4.02. The summed E-state index contributed by atoms with van der Waals surface area (Å²) in [6.07, 6.45) is 0.659. The van der Waals surface area contributed by atoms with Crippen molar-refractivity contribution < 1.29 is 17.9 Å². The van der Waals surface area contributed by atoms with Gasteiger partial charge in [-0.3, -0.25) is 9.31 Å². The van der Waals surface area contributed by atoms with Crippen molar-refractivity contribution in [2.75, 3.05) is 42.9 Å². The summed E-state index contributed by atoms with van der Waals surface area (Å²) in [4.78, 5) is 12.1. The number of hydrogen-bond acceptors (Lipinski definition) is 5. The van der Waals surface area contributed by atoms with Crippen molar-refractivity contribution in [3.8, 4) is 0 Å². The van der Waals surface area contributed by atoms with Crippen molar-refractivity contribution in [3.63, 3.8) is 0 Å². The van der Waals surface area contributed by atoms with Crippen LogP contribution in [0.2, 0.25) is 0 Å². The molecule has 9 heteroatoms. The molecule has 2 heterocycles. The van der Waals surface area contributed by atoms with Gasteiger partial charge in [0, 0.05) is 19.6 Å². The van der Waals surface area contributed by atoms with Crippen LogP contribution in [0.5, 0.6) is 0 Å². The molecule has 2 aliphatic heterocycles. The maximum atomic E-state index is 12.1. The molecule has 1 aromatic carbocycles. The summed E-state index contributed by atoms with van der Waals surface area (Å²) in [5.41, 5.74) is 4.58. The molecule has 24 heavy (non-hydrogen) atoms. The summed E-state index contributed by atoms with van der Waals surface area (Å²) in [5.74, 6) is 0.206. The molecule has 2 fully saturated rings. The molecule has 0 saturated carbocycles. The smallest absolute Gasteiger partial charge is 0.332 e. The molecule has 1 aromatic rings. The molecule has 0 unspecified atom stereocenters. The van der Waals surface area contributed by atoms with Crippen LogP contribution in [-0.4, -0.2) is 58.1 Å². The zero-order valence-electron chi connectivity index (χ0n) is 13.4. The molecule has 132 valence electrons. The molecule has 8 nitrogen and oxygen atoms in total. The normalized spacial score (nSPS) is 20.7. The summed E-state index contributed by atoms with van der Waals surface area (Å²) in [5, 5.41) is 4.35. The van der Waals surface area contributed by atoms with Crippen molar-refractivity contribution in [1.82, 2.24) is 15.8 Å². The quantitative estimate of drug-likeness (QED) is 0.813. The van der Waals surface area contributed by atoms with E-state index >= 15 is 0 Å². The highest BCUT2D eigenvalue weighted by atomic mass is 32.2. The fourth-order valence-electron chi connectivity index (χ4n) is 2.75. The molecular weight excluding hydrogens is 332 g/mol. The molecule has 3 rings (SSSR count). The van der Waals surface area contributed by atoms with E-state index in [1.54, 1.807) is 12.1 Å². The SMILES string of the molecule is O=C(NCc1ccc(N2CCCS2(=O)=O)cc1)N1CCOCCN1. The molecule has 0 aromatic heterocycles. The van der Waals surface area contributed by atoms with E-state index < -0.39 is 10.0 Å². The molecule has 0 radical (unpaired) electrons. The van der Waals surface area contributed by atoms with E-state index in [2.05, 4.69) is 10.7 Å². The number of urea groups is 1. The molecule has 0 atom stereocenters. The number of amides is 2. The first-order valence-electron chi connectivity index (χ1n) is 8.02. The van der Waals surface area contributed by atoms with Gasteiger partial charge in [0.2, 0.25) is 10.0 Å². The van der Waals surface area contributed by atoms with Gasteiger partial charge in [-0.2, -0.15) is 0 Å². The van der Waals surface area contributed by atoms with Crippen LogP contribution < -0.4 is 15.0 Å². The van der Waals surface area contributed by atoms with Crippen molar-refractivity contribution in [2.45, 2.75) is 13.0 Å². The first-order chi connectivity index (χ1) is 11.6. The minimum Gasteiger partial charge on any atom is -0.378 e. The second-order valence-electron chi connectivity index (χ2n) is 5.74. The highest BCUT2D eigenvalue weighted by Crippen LogP contribution is 2.24. The van der Waals surface area contributed by atoms with Crippen LogP contribution in [0.3, 0.4) is 0 Å². The van der Waals surface area contributed by atoms with Crippen molar-refractivity contribution in [1.29, 1.82) is 0 Å². The van der Waals surface area contributed by atoms with E-state index in [-0.39, 0.29) is 11.8 Å². The topological polar surface area (TPSA) is 91.0 Å². The third-order valence-corrected chi connectivity index (χ3v) is 5.89. The Balaban J connectivity index is 1.55. The number of nitrogens with zero attached hydrogens (tertiary/aromatic N) is 2. The number of ether oxygens (including phenoxy) is 1. The van der Waals surface area contributed by atoms with Gasteiger partial charge in [0.15, 0.2) is 0 Å². The zero-order valence-corrected chi connectivity index (χ0v) is 14.2. The minimum atomic E-state index is -3.16. The van der Waals surface area contributed by atoms with Gasteiger partial charge in [0.05, 0.1) is 31.2 Å². The lowest BCUT2D eigenvalue weighted by Gasteiger charge is -2.21. The van der Waals surface area contributed by atoms with Crippen LogP contribution in [0, 0.1) is 0 Å². The predicted molar refractivity (Wildman–Crippen MR) is 90.0 cm³/mol. The van der Waals surface area contributed by atoms with E-state index in [1.807, 2.05) is 12.1 Å². The van der Waals surface area contributed by atoms with E-state index in [9.17, 15) is 13.2 Å². The number of carbonyl (C=O) groups is 1. The maximum absolute atomic E-state index is 12.1. The Bertz CT molecular complexity index is 669. The summed E-state index contributed by atoms with van der Waals surface area (Å²) in [6, 6.07) is 7.03. The lowest BCUT2D eigenvalue weighted by molar-refractivity contribution is 0.143. The lowest BCUT2D eigenvalue weighted by Crippen LogP contribution is -2.48. The Morgan fingerprint density at radius 1 is 1.21 bits per heavy atom. The lowest BCUT2D eigenvalue weighted by atomic mass is 10.2. The molecule has 2 N–H and O–H groups in total. The van der Waals surface area contributed by atoms with Gasteiger partial charge < -0.3 is 10.1 Å². The van der Waals surface area contributed by atoms with Crippen LogP contribution in [0.15, 0.2) is 24.3 Å². The Morgan fingerprint density at radius 3 is 2.71 bits per heavy atom. The monoisotopic (exact) mass is 354 g/mol. The van der Waals surface area contributed by atoms with Crippen LogP contribution >= 0.6 is 0 Å². The number of carbonyl (C=O) groups excluding carboxylic acids is 1. The second-order valence-corrected chi connectivity index (χ2v) is 7.75. The first kappa shape index (κ1) is 17.0.